The van der Waals surface area contributed by atoms with Crippen LogP contribution >= 0.6 is 0 Å². The van der Waals surface area contributed by atoms with Gasteiger partial charge in [-0.25, -0.2) is 5.06 Å². The Labute approximate surface area is 160 Å². The number of likely N-dealkylation sites (tertiary alicyclic amines) is 1. The zero-order valence-corrected chi connectivity index (χ0v) is 15.8. The van der Waals surface area contributed by atoms with Crippen LogP contribution in [0, 0.1) is 0 Å². The van der Waals surface area contributed by atoms with Gasteiger partial charge in [0.1, 0.15) is 11.4 Å². The molecule has 0 radical (unpaired) electrons. The molecule has 0 aliphatic carbocycles. The van der Waals surface area contributed by atoms with Crippen LogP contribution in [-0.2, 0) is 20.6 Å². The summed E-state index contributed by atoms with van der Waals surface area (Å²) in [6.45, 7) is 3.81. The first kappa shape index (κ1) is 20.2. The lowest BCUT2D eigenvalue weighted by Crippen LogP contribution is -2.43. The number of hydrogen-bond donors (Lipinski definition) is 0. The van der Waals surface area contributed by atoms with Crippen molar-refractivity contribution in [1.29, 1.82) is 0 Å². The molecule has 0 bridgehead atoms. The molecule has 152 valence electrons. The molecular formula is C19H21F3N2O4. The van der Waals surface area contributed by atoms with Gasteiger partial charge in [-0.15, -0.1) is 0 Å². The number of fused-ring (bicyclic) bond motifs is 1. The van der Waals surface area contributed by atoms with E-state index < -0.39 is 17.3 Å². The van der Waals surface area contributed by atoms with E-state index in [1.807, 2.05) is 0 Å². The second kappa shape index (κ2) is 7.12. The van der Waals surface area contributed by atoms with Crippen molar-refractivity contribution in [2.75, 3.05) is 20.2 Å². The first-order chi connectivity index (χ1) is 13.1. The predicted octanol–water partition coefficient (Wildman–Crippen LogP) is 3.23. The highest BCUT2D eigenvalue weighted by molar-refractivity contribution is 5.91. The topological polar surface area (TPSA) is 59.1 Å². The minimum atomic E-state index is -4.54. The normalized spacial score (nSPS) is 18.8. The Bertz CT molecular complexity index is 833. The van der Waals surface area contributed by atoms with Crippen molar-refractivity contribution >= 4 is 18.0 Å². The van der Waals surface area contributed by atoms with Gasteiger partial charge >= 0.3 is 6.18 Å². The van der Waals surface area contributed by atoms with Gasteiger partial charge in [-0.2, -0.15) is 13.2 Å². The number of carbonyl (C=O) groups is 2. The lowest BCUT2D eigenvalue weighted by Gasteiger charge is -2.40. The van der Waals surface area contributed by atoms with Crippen LogP contribution < -0.4 is 4.74 Å². The van der Waals surface area contributed by atoms with Crippen LogP contribution in [-0.4, -0.2) is 48.1 Å². The van der Waals surface area contributed by atoms with Crippen molar-refractivity contribution in [2.45, 2.75) is 38.5 Å². The monoisotopic (exact) mass is 398 g/mol. The Kier molecular flexibility index (Phi) is 5.14. The molecule has 0 aromatic heterocycles. The van der Waals surface area contributed by atoms with Crippen LogP contribution in [0.5, 0.6) is 5.75 Å². The lowest BCUT2D eigenvalue weighted by molar-refractivity contribution is -0.159. The van der Waals surface area contributed by atoms with Crippen molar-refractivity contribution in [1.82, 2.24) is 9.96 Å². The predicted molar refractivity (Wildman–Crippen MR) is 93.8 cm³/mol. The van der Waals surface area contributed by atoms with Gasteiger partial charge < -0.3 is 9.64 Å². The third-order valence-corrected chi connectivity index (χ3v) is 4.95. The first-order valence-corrected chi connectivity index (χ1v) is 8.79. The Morgan fingerprint density at radius 2 is 2.07 bits per heavy atom. The second-order valence-electron chi connectivity index (χ2n) is 7.16. The molecule has 2 aliphatic rings. The van der Waals surface area contributed by atoms with Crippen molar-refractivity contribution < 1.29 is 32.3 Å². The van der Waals surface area contributed by atoms with E-state index in [1.54, 1.807) is 13.8 Å². The molecule has 2 aliphatic heterocycles. The lowest BCUT2D eigenvalue weighted by atomic mass is 9.88. The SMILES string of the molecule is CON(C=O)CC1=C(N2CCCC2=O)c2cc(C(F)(F)F)ccc2OC1(C)C. The minimum absolute atomic E-state index is 0.0538. The number of halogens is 3. The average Bonchev–Trinajstić information content (AvgIpc) is 3.03. The van der Waals surface area contributed by atoms with Gasteiger partial charge in [0.05, 0.1) is 24.9 Å². The van der Waals surface area contributed by atoms with Gasteiger partial charge in [-0.05, 0) is 38.5 Å². The molecule has 0 atom stereocenters. The summed E-state index contributed by atoms with van der Waals surface area (Å²) in [5, 5.41) is 1.000. The van der Waals surface area contributed by atoms with Crippen LogP contribution in [0.15, 0.2) is 23.8 Å². The molecule has 2 heterocycles. The highest BCUT2D eigenvalue weighted by atomic mass is 19.4. The molecule has 0 saturated carbocycles. The summed E-state index contributed by atoms with van der Waals surface area (Å²) in [5.74, 6) is 0.0788. The minimum Gasteiger partial charge on any atom is -0.483 e. The standard InChI is InChI=1S/C19H21F3N2O4/c1-18(2)14(10-23(11-25)27-3)17(24-8-4-5-16(24)26)13-9-12(19(20,21)22)6-7-15(13)28-18/h6-7,9,11H,4-5,8,10H2,1-3H3. The molecule has 1 aromatic rings. The molecule has 1 fully saturated rings. The van der Waals surface area contributed by atoms with Gasteiger partial charge in [0.15, 0.2) is 0 Å². The molecule has 9 heteroatoms. The third-order valence-electron chi connectivity index (χ3n) is 4.95. The Hall–Kier alpha value is -2.55. The zero-order chi connectivity index (χ0) is 20.7. The number of alkyl halides is 3. The van der Waals surface area contributed by atoms with Crippen molar-refractivity contribution in [3.63, 3.8) is 0 Å². The number of carbonyl (C=O) groups excluding carboxylic acids is 2. The summed E-state index contributed by atoms with van der Waals surface area (Å²) < 4.78 is 45.8. The Morgan fingerprint density at radius 1 is 1.36 bits per heavy atom. The number of nitrogens with zero attached hydrogens (tertiary/aromatic N) is 2. The molecule has 0 unspecified atom stereocenters. The third kappa shape index (κ3) is 3.58. The van der Waals surface area contributed by atoms with E-state index in [-0.39, 0.29) is 23.8 Å². The molecule has 2 amide bonds. The quantitative estimate of drug-likeness (QED) is 0.565. The summed E-state index contributed by atoms with van der Waals surface area (Å²) in [6, 6.07) is 3.21. The Balaban J connectivity index is 2.25. The maximum atomic E-state index is 13.3. The molecule has 28 heavy (non-hydrogen) atoms. The molecule has 6 nitrogen and oxygen atoms in total. The fourth-order valence-corrected chi connectivity index (χ4v) is 3.52. The second-order valence-corrected chi connectivity index (χ2v) is 7.16. The van der Waals surface area contributed by atoms with E-state index in [0.29, 0.717) is 37.1 Å². The summed E-state index contributed by atoms with van der Waals surface area (Å²) in [7, 11) is 1.31. The van der Waals surface area contributed by atoms with E-state index >= 15 is 0 Å². The molecule has 3 rings (SSSR count). The summed E-state index contributed by atoms with van der Waals surface area (Å²) in [4.78, 5) is 30.2. The van der Waals surface area contributed by atoms with Gasteiger partial charge in [-0.3, -0.25) is 14.4 Å². The van der Waals surface area contributed by atoms with Crippen LogP contribution in [0.25, 0.3) is 5.70 Å². The van der Waals surface area contributed by atoms with E-state index in [1.165, 1.54) is 18.1 Å². The number of benzene rings is 1. The van der Waals surface area contributed by atoms with Crippen molar-refractivity contribution in [3.05, 3.63) is 34.9 Å². The first-order valence-electron chi connectivity index (χ1n) is 8.79. The molecule has 0 spiro atoms. The van der Waals surface area contributed by atoms with E-state index in [9.17, 15) is 22.8 Å². The summed E-state index contributed by atoms with van der Waals surface area (Å²) >= 11 is 0. The van der Waals surface area contributed by atoms with Gasteiger partial charge in [0.25, 0.3) is 0 Å². The number of ether oxygens (including phenoxy) is 1. The number of hydroxylamine groups is 2. The van der Waals surface area contributed by atoms with E-state index in [0.717, 1.165) is 17.2 Å². The largest absolute Gasteiger partial charge is 0.483 e. The summed E-state index contributed by atoms with van der Waals surface area (Å²) in [5.41, 5.74) is -0.782. The fraction of sp³-hybridized carbons (Fsp3) is 0.474. The smallest absolute Gasteiger partial charge is 0.416 e. The van der Waals surface area contributed by atoms with Gasteiger partial charge in [0, 0.05) is 24.1 Å². The zero-order valence-electron chi connectivity index (χ0n) is 15.8. The maximum absolute atomic E-state index is 13.3. The van der Waals surface area contributed by atoms with Crippen LogP contribution in [0.4, 0.5) is 13.2 Å². The highest BCUT2D eigenvalue weighted by Crippen LogP contribution is 2.45. The number of hydrogen-bond acceptors (Lipinski definition) is 4. The van der Waals surface area contributed by atoms with E-state index in [4.69, 9.17) is 9.57 Å². The molecule has 1 saturated heterocycles. The van der Waals surface area contributed by atoms with E-state index in [2.05, 4.69) is 0 Å². The van der Waals surface area contributed by atoms with Crippen LogP contribution in [0.2, 0.25) is 0 Å². The van der Waals surface area contributed by atoms with Crippen LogP contribution in [0.3, 0.4) is 0 Å². The Morgan fingerprint density at radius 3 is 2.61 bits per heavy atom. The van der Waals surface area contributed by atoms with Crippen molar-refractivity contribution in [2.24, 2.45) is 0 Å². The molecule has 0 N–H and O–H groups in total. The fourth-order valence-electron chi connectivity index (χ4n) is 3.52. The van der Waals surface area contributed by atoms with Gasteiger partial charge in [0.2, 0.25) is 12.3 Å². The van der Waals surface area contributed by atoms with Crippen molar-refractivity contribution in [3.8, 4) is 5.75 Å². The number of rotatable bonds is 5. The number of amides is 2. The average molecular weight is 398 g/mol. The summed E-state index contributed by atoms with van der Waals surface area (Å²) in [6.07, 6.45) is -3.15. The highest BCUT2D eigenvalue weighted by Gasteiger charge is 2.42. The van der Waals surface area contributed by atoms with Crippen LogP contribution in [0.1, 0.15) is 37.8 Å². The molecule has 1 aromatic carbocycles. The maximum Gasteiger partial charge on any atom is 0.416 e. The molecular weight excluding hydrogens is 377 g/mol. The van der Waals surface area contributed by atoms with Gasteiger partial charge in [-0.1, -0.05) is 0 Å².